The minimum atomic E-state index is -3.79. The van der Waals surface area contributed by atoms with E-state index in [4.69, 9.17) is 19.0 Å². The number of aldehydes is 1. The van der Waals surface area contributed by atoms with Gasteiger partial charge in [-0.3, -0.25) is 9.59 Å². The van der Waals surface area contributed by atoms with E-state index in [9.17, 15) is 59.7 Å². The molecule has 3 heterocycles. The zero-order valence-corrected chi connectivity index (χ0v) is 87.4. The number of ketones is 2. The number of phenolic OH excluding ortho intramolecular Hbond substituents is 1. The van der Waals surface area contributed by atoms with Crippen LogP contribution in [-0.4, -0.2) is 67.6 Å². The number of phenols is 1. The van der Waals surface area contributed by atoms with Gasteiger partial charge in [0.1, 0.15) is 46.1 Å². The molecule has 0 bridgehead atoms. The van der Waals surface area contributed by atoms with Gasteiger partial charge >= 0.3 is 29.6 Å². The van der Waals surface area contributed by atoms with Gasteiger partial charge in [-0.15, -0.1) is 0 Å². The Morgan fingerprint density at radius 3 is 0.931 bits per heavy atom. The van der Waals surface area contributed by atoms with E-state index in [0.717, 1.165) is 211 Å². The Bertz CT molecular complexity index is 4600. The molecule has 4 atom stereocenters. The number of Topliss-reactive ketones (excluding diaryl/α,β-unsaturated/α-hetero) is 2. The van der Waals surface area contributed by atoms with Crippen molar-refractivity contribution < 1.29 is 114 Å². The average Bonchev–Trinajstić information content (AvgIpc) is 0.773. The Balaban J connectivity index is 0.000000850. The summed E-state index contributed by atoms with van der Waals surface area (Å²) in [5.74, 6) is 3.47. The molecule has 3 N–H and O–H groups in total. The number of carbonyl (C=O) groups excluding carboxylic acids is 4. The summed E-state index contributed by atoms with van der Waals surface area (Å²) in [6.07, 6.45) is 44.3. The van der Waals surface area contributed by atoms with Crippen LogP contribution in [0.4, 0.5) is 35.1 Å². The second-order valence-electron chi connectivity index (χ2n) is 37.9. The molecule has 3 aromatic rings. The first-order valence-corrected chi connectivity index (χ1v) is 47.0. The van der Waals surface area contributed by atoms with Crippen LogP contribution >= 0.6 is 11.6 Å². The molecule has 7 rings (SSSR count). The van der Waals surface area contributed by atoms with Gasteiger partial charge in [0.2, 0.25) is 5.38 Å². The maximum absolute atomic E-state index is 12.5. The Labute approximate surface area is 810 Å². The van der Waals surface area contributed by atoms with Crippen molar-refractivity contribution in [2.45, 2.75) is 413 Å². The zero-order valence-electron chi connectivity index (χ0n) is 84.7. The standard InChI is InChI=1S/C28H40F2O.C27H38F2O3.C27H38F2O2.C27H40O2.C2ClF2O.Na.H2O/c1-19(13-9-15-26(29)30)11-8-12-20(2)14-10-17-28(7)18-16-25-23(5)21(3)22(4)24(6)27(25)31-28;1-18(12-8-14-24(28)29)10-7-11-19(2)13-9-16-27(6,32)17-15-23-22(5)25(30)20(3)21(4)26(23)31;1-18(12-8-14-24(28)29)10-7-11-19(2)13-9-16-27(6)17-15-23-22(5)25(30)20(3)21(4)26(23)31-27;1-19(11-8-12-20(2)14-10-18-28)13-9-16-27(7)17-15-25-23(5)21(3)22(4)24(6)26(25)29-27;3-2(4,5)1-6;;/h11,14-15H,8-10,12-13,16-18H2,1-7H3;10,13-14,32H,7-9,11-12,15-17H2,1-6H3;10,13-14,30H,7-9,11-12,15-17H2,1-6H3;12-13,18H,8-11,14-17H2,1-7H3;;;1H2/q;;;;-1;+1;/p-1/b19-11+,20-14+;2*18-10+,19-13+;19-13+,20-12+;;;/t28-;3*27-;;;/m1111.../s1. The third-order valence-electron chi connectivity index (χ3n) is 26.9. The summed E-state index contributed by atoms with van der Waals surface area (Å²) in [7, 11) is 0. The number of allylic oxidation sites excluding steroid dienone is 23. The molecule has 1 aliphatic carbocycles. The Morgan fingerprint density at radius 2 is 0.641 bits per heavy atom. The van der Waals surface area contributed by atoms with E-state index >= 15 is 0 Å². The molecule has 0 saturated carbocycles. The summed E-state index contributed by atoms with van der Waals surface area (Å²) in [5.41, 5.74) is 28.8. The second-order valence-corrected chi connectivity index (χ2v) is 38.4. The van der Waals surface area contributed by atoms with Crippen LogP contribution in [0, 0.1) is 76.2 Å². The minimum Gasteiger partial charge on any atom is -0.870 e. The molecule has 0 fully saturated rings. The molecule has 10 nitrogen and oxygen atoms in total. The number of ether oxygens (including phenoxy) is 3. The number of hydrogen-bond acceptors (Lipinski definition) is 10. The Hall–Kier alpha value is -7.19. The van der Waals surface area contributed by atoms with Crippen LogP contribution in [0.2, 0.25) is 0 Å². The van der Waals surface area contributed by atoms with Crippen LogP contribution in [0.1, 0.15) is 368 Å². The van der Waals surface area contributed by atoms with Gasteiger partial charge in [0.25, 0.3) is 18.2 Å². The first-order chi connectivity index (χ1) is 60.2. The minimum absolute atomic E-state index is 0. The third kappa shape index (κ3) is 42.7. The van der Waals surface area contributed by atoms with E-state index in [-0.39, 0.29) is 69.7 Å². The van der Waals surface area contributed by atoms with E-state index in [1.54, 1.807) is 27.7 Å². The number of benzene rings is 3. The maximum atomic E-state index is 12.5. The van der Waals surface area contributed by atoms with Gasteiger partial charge in [0, 0.05) is 34.3 Å². The van der Waals surface area contributed by atoms with E-state index in [0.29, 0.717) is 92.3 Å². The molecule has 0 unspecified atom stereocenters. The van der Waals surface area contributed by atoms with Crippen LogP contribution in [0.25, 0.3) is 0 Å². The maximum Gasteiger partial charge on any atom is 1.00 e. The molecular weight excluding hydrogens is 1700 g/mol. The average molecular weight is 1860 g/mol. The molecule has 0 amide bonds. The first kappa shape index (κ1) is 122. The monoisotopic (exact) mass is 1860 g/mol. The van der Waals surface area contributed by atoms with E-state index in [1.165, 1.54) is 94.6 Å². The second kappa shape index (κ2) is 59.0. The van der Waals surface area contributed by atoms with Crippen molar-refractivity contribution in [1.82, 2.24) is 0 Å². The van der Waals surface area contributed by atoms with Crippen LogP contribution in [-0.2, 0) is 38.4 Å². The number of halogens is 9. The van der Waals surface area contributed by atoms with Crippen LogP contribution < -0.4 is 43.8 Å². The molecule has 0 radical (unpaired) electrons. The van der Waals surface area contributed by atoms with Crippen molar-refractivity contribution in [3.8, 4) is 23.0 Å². The molecule has 0 saturated heterocycles. The smallest absolute Gasteiger partial charge is 0.870 e. The summed E-state index contributed by atoms with van der Waals surface area (Å²) in [5, 5.41) is 17.3. The van der Waals surface area contributed by atoms with Gasteiger partial charge in [-0.05, 0) is 470 Å². The number of aliphatic hydroxyl groups is 1. The molecule has 0 spiro atoms. The summed E-state index contributed by atoms with van der Waals surface area (Å²) in [6.45, 7) is 54.0. The number of aromatic hydroxyl groups is 1. The molecule has 3 aromatic carbocycles. The number of alkyl halides is 3. The predicted molar refractivity (Wildman–Crippen MR) is 522 cm³/mol. The van der Waals surface area contributed by atoms with Crippen molar-refractivity contribution in [3.05, 3.63) is 230 Å². The fourth-order valence-electron chi connectivity index (χ4n) is 16.8. The van der Waals surface area contributed by atoms with E-state index < -0.39 is 29.2 Å². The van der Waals surface area contributed by atoms with Gasteiger partial charge in [0.05, 0.1) is 5.60 Å². The SMILES string of the molecule is C/C(=C\CC/C(C)=C/CC[C@]1(C)CCc2c(C)c(C)c(C)c(C)c2O1)CCC=C(F)F.C/C(=C\CC/C(C)=C/CC[C@]1(C)CCc2c(C)c(C)c(C)c(C)c2O1)CCC=O.C/C(=C\CC/C(C)=C/CC[C@]1(C)CCc2c(C)c(O)c(C)c(C)c2O1)CCC=C(F)F.CC1=C(C)C(=O)C(CC[C@](C)(O)CC/C=C(\C)CC/C=C(\C)CCC=C(F)F)=C(C)C1=O.O=[C-]C(F)(F)Cl.[Na+].[OH-]. The van der Waals surface area contributed by atoms with E-state index in [2.05, 4.69) is 171 Å². The molecule has 3 aliphatic heterocycles. The molecule has 4 aliphatic rings. The quantitative estimate of drug-likeness (QED) is 0.0106. The van der Waals surface area contributed by atoms with Gasteiger partial charge in [0.15, 0.2) is 11.6 Å². The summed E-state index contributed by atoms with van der Waals surface area (Å²) < 4.78 is 114. The van der Waals surface area contributed by atoms with Crippen molar-refractivity contribution in [3.63, 3.8) is 0 Å². The third-order valence-corrected chi connectivity index (χ3v) is 27.0. The Kier molecular flexibility index (Phi) is 54.8. The van der Waals surface area contributed by atoms with Gasteiger partial charge in [-0.2, -0.15) is 32.6 Å². The fourth-order valence-corrected chi connectivity index (χ4v) is 16.8. The number of hydrogen-bond donors (Lipinski definition) is 2. The first-order valence-electron chi connectivity index (χ1n) is 46.6. The van der Waals surface area contributed by atoms with E-state index in [1.807, 2.05) is 41.5 Å². The summed E-state index contributed by atoms with van der Waals surface area (Å²) >= 11 is 3.96. The van der Waals surface area contributed by atoms with Gasteiger partial charge in [-0.1, -0.05) is 105 Å². The van der Waals surface area contributed by atoms with Crippen molar-refractivity contribution in [1.29, 1.82) is 0 Å². The van der Waals surface area contributed by atoms with Crippen LogP contribution in [0.5, 0.6) is 23.0 Å². The van der Waals surface area contributed by atoms with Crippen molar-refractivity contribution in [2.24, 2.45) is 0 Å². The molecule has 20 heteroatoms. The summed E-state index contributed by atoms with van der Waals surface area (Å²) in [4.78, 5) is 44.1. The molecule has 0 aromatic heterocycles. The van der Waals surface area contributed by atoms with Crippen molar-refractivity contribution in [2.75, 3.05) is 0 Å². The fraction of sp³-hybridized carbons (Fsp3) is 0.568. The Morgan fingerprint density at radius 1 is 0.389 bits per heavy atom. The van der Waals surface area contributed by atoms with Crippen LogP contribution in [0.15, 0.2) is 152 Å². The zero-order chi connectivity index (χ0) is 97.6. The number of fused-ring (bicyclic) bond motifs is 3. The van der Waals surface area contributed by atoms with Crippen molar-refractivity contribution >= 4 is 35.7 Å². The number of rotatable bonds is 40. The van der Waals surface area contributed by atoms with Gasteiger partial charge in [-0.25, -0.2) is 8.78 Å². The van der Waals surface area contributed by atoms with Crippen LogP contribution in [0.3, 0.4) is 0 Å². The molecule has 726 valence electrons. The normalized spacial score (nSPS) is 18.3. The largest absolute Gasteiger partial charge is 1.00 e. The predicted octanol–water partition coefficient (Wildman–Crippen LogP) is 30.0. The molecule has 131 heavy (non-hydrogen) atoms. The summed E-state index contributed by atoms with van der Waals surface area (Å²) in [6, 6.07) is 0. The van der Waals surface area contributed by atoms with Gasteiger partial charge < -0.3 is 39.5 Å². The number of carbonyl (C=O) groups is 3. The topological polar surface area (TPSA) is 166 Å². The molecular formula is C111H157ClF8NaO10-.